The lowest BCUT2D eigenvalue weighted by atomic mass is 9.94. The van der Waals surface area contributed by atoms with E-state index in [0.29, 0.717) is 36.8 Å². The van der Waals surface area contributed by atoms with Crippen LogP contribution in [0, 0.1) is 11.6 Å². The summed E-state index contributed by atoms with van der Waals surface area (Å²) in [6.07, 6.45) is -0.301. The number of aryl methyl sites for hydroxylation is 4. The number of carbonyl (C=O) groups is 4. The van der Waals surface area contributed by atoms with E-state index >= 15 is 0 Å². The zero-order valence-corrected chi connectivity index (χ0v) is 30.0. The average Bonchev–Trinajstić information content (AvgIpc) is 3.40. The molecule has 0 atom stereocenters. The fourth-order valence-corrected chi connectivity index (χ4v) is 5.82. The van der Waals surface area contributed by atoms with Crippen LogP contribution in [0.4, 0.5) is 18.4 Å². The summed E-state index contributed by atoms with van der Waals surface area (Å²) < 4.78 is 58.5. The molecule has 0 spiro atoms. The Morgan fingerprint density at radius 1 is 0.574 bits per heavy atom. The minimum atomic E-state index is -1.15. The van der Waals surface area contributed by atoms with Gasteiger partial charge in [-0.15, -0.1) is 0 Å². The number of carbonyl (C=O) groups excluding carboxylic acids is 4. The standard InChI is InChI=1S/C42H38F2O10/c1-24(2)39(45)49-22-51-41(47)53-31-14-12-29(37(43)20-31)10-6-27-8-16-33-34-17-9-28(19-36(34)26(5)35(33)18-27)7-11-30-13-15-32(21-38(30)44)54-42(48)52-23-50-40(46)25(3)4/h8-9,12-21,26H,1,3,6-7,10-11,22-23H2,2,4-5H3. The minimum absolute atomic E-state index is 0.0501. The van der Waals surface area contributed by atoms with E-state index in [2.05, 4.69) is 63.3 Å². The van der Waals surface area contributed by atoms with Gasteiger partial charge in [-0.3, -0.25) is 0 Å². The molecule has 0 heterocycles. The number of hydrogen-bond donors (Lipinski definition) is 0. The second kappa shape index (κ2) is 17.5. The minimum Gasteiger partial charge on any atom is -0.424 e. The molecule has 0 amide bonds. The Hall–Kier alpha value is -6.30. The third kappa shape index (κ3) is 9.97. The molecule has 0 saturated heterocycles. The molecule has 0 fully saturated rings. The summed E-state index contributed by atoms with van der Waals surface area (Å²) in [6.45, 7) is 10.6. The van der Waals surface area contributed by atoms with Gasteiger partial charge in [-0.05, 0) is 96.2 Å². The Kier molecular flexibility index (Phi) is 12.6. The van der Waals surface area contributed by atoms with Crippen molar-refractivity contribution in [3.63, 3.8) is 0 Å². The predicted octanol–water partition coefficient (Wildman–Crippen LogP) is 8.85. The van der Waals surface area contributed by atoms with Crippen molar-refractivity contribution in [2.24, 2.45) is 0 Å². The van der Waals surface area contributed by atoms with E-state index < -0.39 is 49.5 Å². The normalized spacial score (nSPS) is 11.5. The molecule has 0 aromatic heterocycles. The average molecular weight is 741 g/mol. The van der Waals surface area contributed by atoms with E-state index in [0.717, 1.165) is 34.4 Å². The van der Waals surface area contributed by atoms with E-state index in [-0.39, 0.29) is 28.6 Å². The highest BCUT2D eigenvalue weighted by molar-refractivity contribution is 5.87. The first-order valence-electron chi connectivity index (χ1n) is 17.0. The maximum absolute atomic E-state index is 14.9. The van der Waals surface area contributed by atoms with Crippen molar-refractivity contribution >= 4 is 24.2 Å². The lowest BCUT2D eigenvalue weighted by molar-refractivity contribution is -0.148. The van der Waals surface area contributed by atoms with E-state index in [1.54, 1.807) is 12.1 Å². The lowest BCUT2D eigenvalue weighted by Gasteiger charge is -2.11. The van der Waals surface area contributed by atoms with Crippen molar-refractivity contribution < 1.29 is 56.4 Å². The topological polar surface area (TPSA) is 124 Å². The second-order valence-electron chi connectivity index (χ2n) is 12.7. The van der Waals surface area contributed by atoms with Crippen LogP contribution in [0.3, 0.4) is 0 Å². The van der Waals surface area contributed by atoms with E-state index in [9.17, 15) is 28.0 Å². The highest BCUT2D eigenvalue weighted by Crippen LogP contribution is 2.45. The molecule has 0 radical (unpaired) electrons. The number of rotatable bonds is 14. The van der Waals surface area contributed by atoms with Gasteiger partial charge in [0.1, 0.15) is 23.1 Å². The summed E-state index contributed by atoms with van der Waals surface area (Å²) in [5.41, 5.74) is 7.90. The van der Waals surface area contributed by atoms with Crippen LogP contribution in [0.25, 0.3) is 11.1 Å². The van der Waals surface area contributed by atoms with Crippen LogP contribution in [0.15, 0.2) is 97.1 Å². The van der Waals surface area contributed by atoms with Gasteiger partial charge in [-0.1, -0.05) is 68.6 Å². The lowest BCUT2D eigenvalue weighted by Crippen LogP contribution is -2.16. The molecule has 12 heteroatoms. The fourth-order valence-electron chi connectivity index (χ4n) is 5.82. The van der Waals surface area contributed by atoms with Crippen LogP contribution in [0.1, 0.15) is 60.1 Å². The zero-order valence-electron chi connectivity index (χ0n) is 30.0. The van der Waals surface area contributed by atoms with Crippen LogP contribution in [-0.2, 0) is 54.2 Å². The van der Waals surface area contributed by atoms with Crippen molar-refractivity contribution in [2.75, 3.05) is 13.6 Å². The Bertz CT molecular complexity index is 1970. The highest BCUT2D eigenvalue weighted by Gasteiger charge is 2.26. The third-order valence-corrected chi connectivity index (χ3v) is 8.70. The third-order valence-electron chi connectivity index (χ3n) is 8.70. The van der Waals surface area contributed by atoms with Crippen molar-refractivity contribution in [1.29, 1.82) is 0 Å². The maximum Gasteiger partial charge on any atom is 0.516 e. The number of ether oxygens (including phenoxy) is 6. The summed E-state index contributed by atoms with van der Waals surface area (Å²) in [6, 6.07) is 20.8. The molecule has 0 unspecified atom stereocenters. The quantitative estimate of drug-likeness (QED) is 0.0536. The van der Waals surface area contributed by atoms with E-state index in [1.165, 1.54) is 37.1 Å². The second-order valence-corrected chi connectivity index (χ2v) is 12.7. The Labute approximate surface area is 310 Å². The van der Waals surface area contributed by atoms with Gasteiger partial charge < -0.3 is 28.4 Å². The van der Waals surface area contributed by atoms with Crippen molar-refractivity contribution in [3.8, 4) is 22.6 Å². The van der Waals surface area contributed by atoms with Crippen LogP contribution >= 0.6 is 0 Å². The Morgan fingerprint density at radius 2 is 0.981 bits per heavy atom. The van der Waals surface area contributed by atoms with Gasteiger partial charge >= 0.3 is 24.2 Å². The van der Waals surface area contributed by atoms with Gasteiger partial charge in [-0.2, -0.15) is 0 Å². The number of hydrogen-bond acceptors (Lipinski definition) is 10. The van der Waals surface area contributed by atoms with Crippen molar-refractivity contribution in [3.05, 3.63) is 142 Å². The summed E-state index contributed by atoms with van der Waals surface area (Å²) in [7, 11) is 0. The monoisotopic (exact) mass is 740 g/mol. The number of benzene rings is 4. The first kappa shape index (κ1) is 38.9. The molecule has 0 saturated carbocycles. The van der Waals surface area contributed by atoms with Gasteiger partial charge in [0.05, 0.1) is 0 Å². The van der Waals surface area contributed by atoms with Crippen LogP contribution in [0.2, 0.25) is 0 Å². The first-order chi connectivity index (χ1) is 25.8. The smallest absolute Gasteiger partial charge is 0.424 e. The van der Waals surface area contributed by atoms with Gasteiger partial charge in [0, 0.05) is 29.2 Å². The molecule has 0 aliphatic heterocycles. The Balaban J connectivity index is 1.12. The zero-order chi connectivity index (χ0) is 38.9. The fraction of sp³-hybridized carbons (Fsp3) is 0.238. The molecule has 4 aromatic rings. The van der Waals surface area contributed by atoms with Gasteiger partial charge in [0.25, 0.3) is 0 Å². The Morgan fingerprint density at radius 3 is 1.35 bits per heavy atom. The maximum atomic E-state index is 14.9. The molecule has 54 heavy (non-hydrogen) atoms. The highest BCUT2D eigenvalue weighted by atomic mass is 19.1. The summed E-state index contributed by atoms with van der Waals surface area (Å²) in [5.74, 6) is -2.50. The molecule has 10 nitrogen and oxygen atoms in total. The summed E-state index contributed by atoms with van der Waals surface area (Å²) >= 11 is 0. The number of fused-ring (bicyclic) bond motifs is 3. The molecule has 0 N–H and O–H groups in total. The summed E-state index contributed by atoms with van der Waals surface area (Å²) in [4.78, 5) is 46.5. The molecule has 280 valence electrons. The number of halogens is 2. The molecule has 4 aromatic carbocycles. The molecule has 5 rings (SSSR count). The van der Waals surface area contributed by atoms with Crippen LogP contribution in [-0.4, -0.2) is 37.8 Å². The van der Waals surface area contributed by atoms with Crippen LogP contribution in [0.5, 0.6) is 11.5 Å². The van der Waals surface area contributed by atoms with Gasteiger partial charge in [-0.25, -0.2) is 28.0 Å². The van der Waals surface area contributed by atoms with Crippen molar-refractivity contribution in [1.82, 2.24) is 0 Å². The van der Waals surface area contributed by atoms with E-state index in [4.69, 9.17) is 9.47 Å². The molecular weight excluding hydrogens is 702 g/mol. The SMILES string of the molecule is C=C(C)C(=O)OCOC(=O)Oc1ccc(CCc2ccc3c(c2)C(C)c2cc(CCc4ccc(OC(=O)OCOC(=O)C(=C)C)cc4F)ccc2-3)c(F)c1. The number of esters is 2. The first-order valence-corrected chi connectivity index (χ1v) is 17.0. The molecule has 1 aliphatic rings. The predicted molar refractivity (Wildman–Crippen MR) is 193 cm³/mol. The molecule has 0 bridgehead atoms. The summed E-state index contributed by atoms with van der Waals surface area (Å²) in [5, 5.41) is 0. The van der Waals surface area contributed by atoms with Crippen molar-refractivity contribution in [2.45, 2.75) is 52.4 Å². The molecule has 1 aliphatic carbocycles. The van der Waals surface area contributed by atoms with Gasteiger partial charge in [0.2, 0.25) is 13.6 Å². The largest absolute Gasteiger partial charge is 0.516 e. The van der Waals surface area contributed by atoms with E-state index in [1.807, 2.05) is 12.1 Å². The molecular formula is C42H38F2O10. The van der Waals surface area contributed by atoms with Crippen LogP contribution < -0.4 is 9.47 Å². The van der Waals surface area contributed by atoms with Gasteiger partial charge in [0.15, 0.2) is 0 Å².